The Kier molecular flexibility index (Phi) is 5.98. The zero-order valence-electron chi connectivity index (χ0n) is 17.6. The van der Waals surface area contributed by atoms with E-state index in [2.05, 4.69) is 35.0 Å². The van der Waals surface area contributed by atoms with Crippen molar-refractivity contribution in [3.63, 3.8) is 0 Å². The maximum absolute atomic E-state index is 11.8. The van der Waals surface area contributed by atoms with E-state index in [9.17, 15) is 4.79 Å². The largest absolute Gasteiger partial charge is 0.482 e. The van der Waals surface area contributed by atoms with Crippen molar-refractivity contribution >= 4 is 29.1 Å². The van der Waals surface area contributed by atoms with E-state index in [0.29, 0.717) is 23.9 Å². The van der Waals surface area contributed by atoms with Crippen LogP contribution in [0.3, 0.4) is 0 Å². The smallest absolute Gasteiger partial charge is 0.262 e. The summed E-state index contributed by atoms with van der Waals surface area (Å²) < 4.78 is 7.42. The zero-order chi connectivity index (χ0) is 21.8. The van der Waals surface area contributed by atoms with Gasteiger partial charge in [-0.2, -0.15) is 5.10 Å². The number of carbonyl (C=O) groups is 1. The first-order valence-corrected chi connectivity index (χ1v) is 11.7. The molecule has 7 heteroatoms. The molecule has 5 rings (SSSR count). The molecular formula is C25H24N4O2S. The molecule has 0 radical (unpaired) electrons. The summed E-state index contributed by atoms with van der Waals surface area (Å²) in [6, 6.07) is 16.0. The van der Waals surface area contributed by atoms with Gasteiger partial charge in [-0.3, -0.25) is 9.79 Å². The molecule has 0 fully saturated rings. The van der Waals surface area contributed by atoms with Crippen molar-refractivity contribution in [2.24, 2.45) is 16.0 Å². The third kappa shape index (κ3) is 4.57. The Labute approximate surface area is 190 Å². The van der Waals surface area contributed by atoms with Gasteiger partial charge in [0.25, 0.3) is 5.91 Å². The lowest BCUT2D eigenvalue weighted by Gasteiger charge is -2.18. The van der Waals surface area contributed by atoms with Crippen LogP contribution < -0.4 is 14.9 Å². The summed E-state index contributed by atoms with van der Waals surface area (Å²) in [6.45, 7) is 0.643. The summed E-state index contributed by atoms with van der Waals surface area (Å²) in [4.78, 5) is 17.4. The van der Waals surface area contributed by atoms with Crippen LogP contribution in [0.1, 0.15) is 24.8 Å². The van der Waals surface area contributed by atoms with Crippen molar-refractivity contribution in [2.75, 3.05) is 11.9 Å². The van der Waals surface area contributed by atoms with Gasteiger partial charge in [-0.05, 0) is 48.9 Å². The Hall–Kier alpha value is -3.45. The van der Waals surface area contributed by atoms with E-state index >= 15 is 0 Å². The van der Waals surface area contributed by atoms with Gasteiger partial charge in [0.1, 0.15) is 5.75 Å². The van der Waals surface area contributed by atoms with E-state index in [1.807, 2.05) is 47.3 Å². The minimum atomic E-state index is -0.144. The Morgan fingerprint density at radius 3 is 2.94 bits per heavy atom. The number of thiazole rings is 1. The Morgan fingerprint density at radius 2 is 2.09 bits per heavy atom. The molecule has 0 spiro atoms. The number of anilines is 1. The maximum atomic E-state index is 11.8. The molecule has 32 heavy (non-hydrogen) atoms. The molecule has 1 unspecified atom stereocenters. The van der Waals surface area contributed by atoms with Gasteiger partial charge in [-0.1, -0.05) is 42.5 Å². The summed E-state index contributed by atoms with van der Waals surface area (Å²) in [5.74, 6) is 0.967. The predicted octanol–water partition coefficient (Wildman–Crippen LogP) is 4.84. The van der Waals surface area contributed by atoms with Crippen LogP contribution in [0.5, 0.6) is 5.75 Å². The number of fused-ring (bicyclic) bond motifs is 1. The number of nitrogens with one attached hydrogen (secondary N) is 1. The summed E-state index contributed by atoms with van der Waals surface area (Å²) in [6.07, 6.45) is 9.73. The molecule has 162 valence electrons. The van der Waals surface area contributed by atoms with E-state index in [4.69, 9.17) is 14.8 Å². The Bertz CT molecular complexity index is 1240. The van der Waals surface area contributed by atoms with Gasteiger partial charge in [-0.25, -0.2) is 4.68 Å². The van der Waals surface area contributed by atoms with Crippen molar-refractivity contribution in [1.29, 1.82) is 0 Å². The number of hydrogen-bond acceptors (Lipinski definition) is 5. The topological polar surface area (TPSA) is 68.0 Å². The molecule has 2 heterocycles. The Balaban J connectivity index is 1.52. The molecule has 2 aromatic carbocycles. The fourth-order valence-electron chi connectivity index (χ4n) is 3.82. The molecule has 0 bridgehead atoms. The standard InChI is InChI=1S/C25H24N4O2S/c30-24-16-31-23-12-11-20(13-21(23)28-24)22-17-32-25(26-14-18-7-3-1-4-8-18)29(22)27-15-19-9-5-2-6-10-19/h1-5,7-8,11-13,15,17,19H,6,9-10,14,16H2,(H,28,30). The average molecular weight is 445 g/mol. The molecular weight excluding hydrogens is 420 g/mol. The quantitative estimate of drug-likeness (QED) is 0.452. The van der Waals surface area contributed by atoms with Crippen LogP contribution in [0.2, 0.25) is 0 Å². The molecule has 1 atom stereocenters. The number of carbonyl (C=O) groups excluding carboxylic acids is 1. The molecule has 1 aliphatic carbocycles. The number of hydrogen-bond donors (Lipinski definition) is 1. The highest BCUT2D eigenvalue weighted by atomic mass is 32.1. The lowest BCUT2D eigenvalue weighted by molar-refractivity contribution is -0.118. The SMILES string of the molecule is O=C1COc2ccc(-c3csc(=NCc4ccccc4)n3N=CC3CC=CCC3)cc2N1. The van der Waals surface area contributed by atoms with Gasteiger partial charge in [0.2, 0.25) is 4.80 Å². The molecule has 3 aromatic rings. The van der Waals surface area contributed by atoms with Crippen molar-refractivity contribution in [2.45, 2.75) is 25.8 Å². The fourth-order valence-corrected chi connectivity index (χ4v) is 4.65. The third-order valence-electron chi connectivity index (χ3n) is 5.54. The second-order valence-electron chi connectivity index (χ2n) is 7.87. The molecule has 2 aliphatic rings. The second-order valence-corrected chi connectivity index (χ2v) is 8.71. The van der Waals surface area contributed by atoms with E-state index in [1.165, 1.54) is 0 Å². The third-order valence-corrected chi connectivity index (χ3v) is 6.39. The fraction of sp³-hybridized carbons (Fsp3) is 0.240. The molecule has 1 amide bonds. The molecule has 0 saturated carbocycles. The summed E-state index contributed by atoms with van der Waals surface area (Å²) in [7, 11) is 0. The number of ether oxygens (including phenoxy) is 1. The second kappa shape index (κ2) is 9.36. The van der Waals surface area contributed by atoms with Crippen LogP contribution >= 0.6 is 11.3 Å². The first kappa shape index (κ1) is 20.5. The average Bonchev–Trinajstić information content (AvgIpc) is 3.25. The monoisotopic (exact) mass is 444 g/mol. The number of amides is 1. The lowest BCUT2D eigenvalue weighted by Crippen LogP contribution is -2.25. The van der Waals surface area contributed by atoms with E-state index < -0.39 is 0 Å². The molecule has 0 saturated heterocycles. The first-order valence-electron chi connectivity index (χ1n) is 10.8. The summed E-state index contributed by atoms with van der Waals surface area (Å²) >= 11 is 1.56. The number of allylic oxidation sites excluding steroid dienone is 2. The van der Waals surface area contributed by atoms with Gasteiger partial charge >= 0.3 is 0 Å². The van der Waals surface area contributed by atoms with E-state index in [1.54, 1.807) is 11.3 Å². The molecule has 6 nitrogen and oxygen atoms in total. The minimum Gasteiger partial charge on any atom is -0.482 e. The highest BCUT2D eigenvalue weighted by molar-refractivity contribution is 7.07. The maximum Gasteiger partial charge on any atom is 0.262 e. The number of rotatable bonds is 5. The van der Waals surface area contributed by atoms with E-state index in [0.717, 1.165) is 40.9 Å². The first-order chi connectivity index (χ1) is 15.8. The number of aromatic nitrogens is 1. The van der Waals surface area contributed by atoms with Crippen LogP contribution in [-0.4, -0.2) is 23.4 Å². The molecule has 1 aliphatic heterocycles. The summed E-state index contributed by atoms with van der Waals surface area (Å²) in [5, 5.41) is 9.81. The van der Waals surface area contributed by atoms with Gasteiger partial charge in [0, 0.05) is 17.2 Å². The van der Waals surface area contributed by atoms with Gasteiger partial charge in [0.15, 0.2) is 6.61 Å². The lowest BCUT2D eigenvalue weighted by atomic mass is 9.96. The van der Waals surface area contributed by atoms with Crippen molar-refractivity contribution < 1.29 is 9.53 Å². The zero-order valence-corrected chi connectivity index (χ0v) is 18.4. The van der Waals surface area contributed by atoms with Gasteiger partial charge in [-0.15, -0.1) is 11.3 Å². The van der Waals surface area contributed by atoms with Crippen LogP contribution in [0.4, 0.5) is 5.69 Å². The highest BCUT2D eigenvalue weighted by Gasteiger charge is 2.18. The number of benzene rings is 2. The molecule has 1 aromatic heterocycles. The number of nitrogens with zero attached hydrogens (tertiary/aromatic N) is 3. The normalized spacial score (nSPS) is 18.4. The predicted molar refractivity (Wildman–Crippen MR) is 128 cm³/mol. The Morgan fingerprint density at radius 1 is 1.19 bits per heavy atom. The van der Waals surface area contributed by atoms with Crippen LogP contribution in [0.25, 0.3) is 11.3 Å². The van der Waals surface area contributed by atoms with Crippen LogP contribution in [-0.2, 0) is 11.3 Å². The van der Waals surface area contributed by atoms with Crippen molar-refractivity contribution in [1.82, 2.24) is 4.68 Å². The van der Waals surface area contributed by atoms with Gasteiger partial charge in [0.05, 0.1) is 17.9 Å². The minimum absolute atomic E-state index is 0.0490. The highest BCUT2D eigenvalue weighted by Crippen LogP contribution is 2.33. The molecule has 1 N–H and O–H groups in total. The van der Waals surface area contributed by atoms with Crippen LogP contribution in [0.15, 0.2) is 76.2 Å². The van der Waals surface area contributed by atoms with Crippen molar-refractivity contribution in [3.8, 4) is 17.0 Å². The van der Waals surface area contributed by atoms with E-state index in [-0.39, 0.29) is 12.5 Å². The summed E-state index contributed by atoms with van der Waals surface area (Å²) in [5.41, 5.74) is 3.73. The van der Waals surface area contributed by atoms with Crippen molar-refractivity contribution in [3.05, 3.63) is 76.4 Å². The van der Waals surface area contributed by atoms with Crippen LogP contribution in [0, 0.1) is 5.92 Å². The van der Waals surface area contributed by atoms with Gasteiger partial charge < -0.3 is 10.1 Å².